The lowest BCUT2D eigenvalue weighted by Gasteiger charge is -2.25. The molecule has 2 rings (SSSR count). The molecule has 1 unspecified atom stereocenters. The molecule has 0 amide bonds. The minimum atomic E-state index is 0.679. The molecule has 0 saturated heterocycles. The highest BCUT2D eigenvalue weighted by molar-refractivity contribution is 9.11. The molecule has 1 heterocycles. The highest BCUT2D eigenvalue weighted by atomic mass is 79.9. The maximum absolute atomic E-state index is 5.79. The van der Waals surface area contributed by atoms with Crippen LogP contribution in [-0.2, 0) is 19.4 Å². The Morgan fingerprint density at radius 2 is 2.27 bits per heavy atom. The number of halogens is 1. The third-order valence-corrected chi connectivity index (χ3v) is 5.56. The third kappa shape index (κ3) is 2.15. The highest BCUT2D eigenvalue weighted by Crippen LogP contribution is 2.40. The van der Waals surface area contributed by atoms with Crippen LogP contribution in [0.5, 0.6) is 0 Å². The van der Waals surface area contributed by atoms with Gasteiger partial charge in [0.05, 0.1) is 3.79 Å². The zero-order valence-electron chi connectivity index (χ0n) is 9.35. The van der Waals surface area contributed by atoms with Crippen molar-refractivity contribution in [1.82, 2.24) is 0 Å². The van der Waals surface area contributed by atoms with Crippen molar-refractivity contribution in [2.45, 2.75) is 39.7 Å². The lowest BCUT2D eigenvalue weighted by molar-refractivity contribution is 0.345. The van der Waals surface area contributed by atoms with Crippen LogP contribution in [0.2, 0.25) is 0 Å². The smallest absolute Gasteiger partial charge is 0.0749 e. The second-order valence-corrected chi connectivity index (χ2v) is 7.13. The Kier molecular flexibility index (Phi) is 3.53. The van der Waals surface area contributed by atoms with E-state index in [4.69, 9.17) is 5.73 Å². The molecule has 1 atom stereocenters. The van der Waals surface area contributed by atoms with Crippen LogP contribution in [-0.4, -0.2) is 0 Å². The van der Waals surface area contributed by atoms with Crippen LogP contribution < -0.4 is 5.73 Å². The van der Waals surface area contributed by atoms with Crippen LogP contribution in [0.15, 0.2) is 3.79 Å². The lowest BCUT2D eigenvalue weighted by Crippen LogP contribution is -2.18. The van der Waals surface area contributed by atoms with Crippen molar-refractivity contribution in [2.75, 3.05) is 0 Å². The van der Waals surface area contributed by atoms with Crippen LogP contribution >= 0.6 is 27.3 Å². The standard InChI is InChI=1S/C12H18BrNS/c1-7(2)8-3-4-9-10(6-14)12(13)15-11(9)5-8/h7-8H,3-6,14H2,1-2H3. The Morgan fingerprint density at radius 3 is 2.87 bits per heavy atom. The Balaban J connectivity index is 2.28. The number of hydrogen-bond donors (Lipinski definition) is 1. The summed E-state index contributed by atoms with van der Waals surface area (Å²) >= 11 is 5.53. The van der Waals surface area contributed by atoms with Crippen molar-refractivity contribution in [3.05, 3.63) is 19.8 Å². The van der Waals surface area contributed by atoms with E-state index in [-0.39, 0.29) is 0 Å². The minimum Gasteiger partial charge on any atom is -0.326 e. The fourth-order valence-corrected chi connectivity index (χ4v) is 4.60. The van der Waals surface area contributed by atoms with Gasteiger partial charge in [-0.25, -0.2) is 0 Å². The van der Waals surface area contributed by atoms with Gasteiger partial charge in [0, 0.05) is 11.4 Å². The highest BCUT2D eigenvalue weighted by Gasteiger charge is 2.25. The summed E-state index contributed by atoms with van der Waals surface area (Å²) in [6.45, 7) is 5.35. The van der Waals surface area contributed by atoms with E-state index in [2.05, 4.69) is 29.8 Å². The van der Waals surface area contributed by atoms with Crippen molar-refractivity contribution in [3.63, 3.8) is 0 Å². The van der Waals surface area contributed by atoms with Gasteiger partial charge < -0.3 is 5.73 Å². The van der Waals surface area contributed by atoms with Gasteiger partial charge in [-0.3, -0.25) is 0 Å². The molecule has 3 heteroatoms. The molecule has 15 heavy (non-hydrogen) atoms. The lowest BCUT2D eigenvalue weighted by atomic mass is 9.81. The maximum atomic E-state index is 5.79. The molecule has 0 aliphatic heterocycles. The summed E-state index contributed by atoms with van der Waals surface area (Å²) in [6, 6.07) is 0. The minimum absolute atomic E-state index is 0.679. The van der Waals surface area contributed by atoms with Gasteiger partial charge in [-0.15, -0.1) is 11.3 Å². The van der Waals surface area contributed by atoms with E-state index in [0.717, 1.165) is 11.8 Å². The number of hydrogen-bond acceptors (Lipinski definition) is 2. The van der Waals surface area contributed by atoms with Gasteiger partial charge in [-0.1, -0.05) is 13.8 Å². The predicted molar refractivity (Wildman–Crippen MR) is 70.3 cm³/mol. The van der Waals surface area contributed by atoms with Gasteiger partial charge in [0.15, 0.2) is 0 Å². The van der Waals surface area contributed by atoms with Gasteiger partial charge in [0.1, 0.15) is 0 Å². The monoisotopic (exact) mass is 287 g/mol. The maximum Gasteiger partial charge on any atom is 0.0749 e. The summed E-state index contributed by atoms with van der Waals surface area (Å²) in [5.74, 6) is 1.68. The van der Waals surface area contributed by atoms with Crippen molar-refractivity contribution < 1.29 is 0 Å². The Morgan fingerprint density at radius 1 is 1.53 bits per heavy atom. The number of thiophene rings is 1. The summed E-state index contributed by atoms with van der Waals surface area (Å²) in [6.07, 6.45) is 3.82. The van der Waals surface area contributed by atoms with Crippen molar-refractivity contribution in [2.24, 2.45) is 17.6 Å². The molecule has 1 aliphatic rings. The van der Waals surface area contributed by atoms with E-state index in [0.29, 0.717) is 6.54 Å². The summed E-state index contributed by atoms with van der Waals surface area (Å²) in [5.41, 5.74) is 8.70. The van der Waals surface area contributed by atoms with Crippen LogP contribution in [0.25, 0.3) is 0 Å². The molecule has 0 radical (unpaired) electrons. The van der Waals surface area contributed by atoms with E-state index in [1.807, 2.05) is 11.3 Å². The molecule has 84 valence electrons. The first-order valence-corrected chi connectivity index (χ1v) is 7.23. The van der Waals surface area contributed by atoms with Crippen LogP contribution in [0.3, 0.4) is 0 Å². The summed E-state index contributed by atoms with van der Waals surface area (Å²) in [5, 5.41) is 0. The molecular weight excluding hydrogens is 270 g/mol. The second kappa shape index (κ2) is 4.56. The Hall–Kier alpha value is 0.140. The largest absolute Gasteiger partial charge is 0.326 e. The molecule has 0 bridgehead atoms. The zero-order valence-corrected chi connectivity index (χ0v) is 11.7. The molecular formula is C12H18BrNS. The third-order valence-electron chi connectivity index (χ3n) is 3.51. The molecule has 0 fully saturated rings. The Bertz CT molecular complexity index is 357. The topological polar surface area (TPSA) is 26.0 Å². The molecule has 0 saturated carbocycles. The molecule has 0 aromatic carbocycles. The van der Waals surface area contributed by atoms with Gasteiger partial charge in [-0.05, 0) is 58.2 Å². The van der Waals surface area contributed by atoms with Crippen molar-refractivity contribution in [1.29, 1.82) is 0 Å². The average Bonchev–Trinajstić information content (AvgIpc) is 2.51. The molecule has 1 aliphatic carbocycles. The summed E-state index contributed by atoms with van der Waals surface area (Å²) < 4.78 is 1.26. The van der Waals surface area contributed by atoms with Crippen LogP contribution in [0, 0.1) is 11.8 Å². The van der Waals surface area contributed by atoms with Crippen LogP contribution in [0.1, 0.15) is 36.3 Å². The quantitative estimate of drug-likeness (QED) is 0.881. The first-order chi connectivity index (χ1) is 7.13. The molecule has 1 aromatic rings. The van der Waals surface area contributed by atoms with Crippen molar-refractivity contribution in [3.8, 4) is 0 Å². The number of fused-ring (bicyclic) bond motifs is 1. The van der Waals surface area contributed by atoms with E-state index in [9.17, 15) is 0 Å². The number of nitrogens with two attached hydrogens (primary N) is 1. The van der Waals surface area contributed by atoms with Gasteiger partial charge in [-0.2, -0.15) is 0 Å². The Labute approximate surface area is 104 Å². The van der Waals surface area contributed by atoms with Crippen molar-refractivity contribution >= 4 is 27.3 Å². The summed E-state index contributed by atoms with van der Waals surface area (Å²) in [4.78, 5) is 1.58. The zero-order chi connectivity index (χ0) is 11.0. The molecule has 1 nitrogen and oxygen atoms in total. The van der Waals surface area contributed by atoms with E-state index >= 15 is 0 Å². The molecule has 2 N–H and O–H groups in total. The van der Waals surface area contributed by atoms with Gasteiger partial charge in [0.2, 0.25) is 0 Å². The molecule has 1 aromatic heterocycles. The first kappa shape index (κ1) is 11.6. The van der Waals surface area contributed by atoms with Crippen LogP contribution in [0.4, 0.5) is 0 Å². The fourth-order valence-electron chi connectivity index (χ4n) is 2.42. The number of rotatable bonds is 2. The van der Waals surface area contributed by atoms with E-state index < -0.39 is 0 Å². The normalized spacial score (nSPS) is 20.7. The van der Waals surface area contributed by atoms with Gasteiger partial charge >= 0.3 is 0 Å². The van der Waals surface area contributed by atoms with E-state index in [1.165, 1.54) is 28.6 Å². The predicted octanol–water partition coefficient (Wildman–Crippen LogP) is 3.73. The SMILES string of the molecule is CC(C)C1CCc2c(sc(Br)c2CN)C1. The van der Waals surface area contributed by atoms with E-state index in [1.54, 1.807) is 10.4 Å². The summed E-state index contributed by atoms with van der Waals surface area (Å²) in [7, 11) is 0. The van der Waals surface area contributed by atoms with Gasteiger partial charge in [0.25, 0.3) is 0 Å². The first-order valence-electron chi connectivity index (χ1n) is 5.62. The average molecular weight is 288 g/mol. The second-order valence-electron chi connectivity index (χ2n) is 4.71. The fraction of sp³-hybridized carbons (Fsp3) is 0.667. The molecule has 0 spiro atoms.